The number of nitrogens with zero attached hydrogens (tertiary/aromatic N) is 2. The molecule has 1 heterocycles. The van der Waals surface area contributed by atoms with Gasteiger partial charge >= 0.3 is 0 Å². The van der Waals surface area contributed by atoms with Crippen molar-refractivity contribution < 1.29 is 9.21 Å². The summed E-state index contributed by atoms with van der Waals surface area (Å²) in [7, 11) is 0. The van der Waals surface area contributed by atoms with E-state index in [-0.39, 0.29) is 17.3 Å². The van der Waals surface area contributed by atoms with Crippen LogP contribution in [0.3, 0.4) is 0 Å². The number of carbonyl (C=O) groups excluding carboxylic acids is 1. The molecule has 0 radical (unpaired) electrons. The van der Waals surface area contributed by atoms with Crippen LogP contribution in [-0.2, 0) is 6.42 Å². The molecule has 1 amide bonds. The van der Waals surface area contributed by atoms with Crippen molar-refractivity contribution in [1.82, 2.24) is 4.90 Å². The van der Waals surface area contributed by atoms with Gasteiger partial charge in [-0.15, -0.1) is 0 Å². The normalized spacial score (nSPS) is 11.9. The highest BCUT2D eigenvalue weighted by Gasteiger charge is 2.34. The van der Waals surface area contributed by atoms with Crippen LogP contribution in [-0.4, -0.2) is 23.9 Å². The lowest BCUT2D eigenvalue weighted by Crippen LogP contribution is -2.40. The van der Waals surface area contributed by atoms with Gasteiger partial charge in [0.25, 0.3) is 5.91 Å². The fourth-order valence-electron chi connectivity index (χ4n) is 5.00. The van der Waals surface area contributed by atoms with Gasteiger partial charge in [0.2, 0.25) is 0 Å². The van der Waals surface area contributed by atoms with E-state index in [4.69, 9.17) is 10.2 Å². The van der Waals surface area contributed by atoms with Gasteiger partial charge in [-0.2, -0.15) is 5.26 Å². The van der Waals surface area contributed by atoms with Gasteiger partial charge in [0.15, 0.2) is 5.43 Å². The lowest BCUT2D eigenvalue weighted by molar-refractivity contribution is 0.0587. The van der Waals surface area contributed by atoms with Gasteiger partial charge in [-0.1, -0.05) is 50.2 Å². The summed E-state index contributed by atoms with van der Waals surface area (Å²) in [5, 5.41) is 9.89. The van der Waals surface area contributed by atoms with Crippen LogP contribution in [0.25, 0.3) is 11.0 Å². The number of amides is 1. The van der Waals surface area contributed by atoms with Crippen LogP contribution < -0.4 is 11.2 Å². The first-order valence-corrected chi connectivity index (χ1v) is 13.4. The first kappa shape index (κ1) is 27.8. The van der Waals surface area contributed by atoms with E-state index in [1.54, 1.807) is 23.1 Å². The third-order valence-corrected chi connectivity index (χ3v) is 7.22. The summed E-state index contributed by atoms with van der Waals surface area (Å²) in [5.74, 6) is 0.243. The molecule has 0 aliphatic heterocycles. The van der Waals surface area contributed by atoms with E-state index in [1.807, 2.05) is 76.2 Å². The molecular weight excluding hydrogens is 486 g/mol. The van der Waals surface area contributed by atoms with E-state index in [0.29, 0.717) is 59.4 Å². The van der Waals surface area contributed by atoms with Gasteiger partial charge in [-0.25, -0.2) is 0 Å². The van der Waals surface area contributed by atoms with E-state index in [0.717, 1.165) is 16.7 Å². The highest BCUT2D eigenvalue weighted by molar-refractivity contribution is 5.95. The number of hydrogen-bond acceptors (Lipinski definition) is 5. The van der Waals surface area contributed by atoms with Crippen LogP contribution in [0.4, 0.5) is 0 Å². The Hall–Kier alpha value is -4.21. The maximum absolute atomic E-state index is 14.1. The summed E-state index contributed by atoms with van der Waals surface area (Å²) in [6.07, 6.45) is 0.963. The molecule has 0 saturated carbocycles. The van der Waals surface area contributed by atoms with E-state index in [1.165, 1.54) is 0 Å². The molecule has 200 valence electrons. The van der Waals surface area contributed by atoms with Crippen molar-refractivity contribution in [3.8, 4) is 6.07 Å². The number of nitrogens with two attached hydrogens (primary N) is 1. The molecule has 0 spiro atoms. The Balaban J connectivity index is 1.95. The standard InChI is InChI=1S/C33H35N3O3/c1-21(2)30(36(16-8-15-34)33(38)26-13-11-22(3)23(4)17-26)32-28(18-24-9-6-5-7-10-24)31(37)27-14-12-25(20-35)19-29(27)39-32/h5-7,9-14,17,19,21,30H,8,15-16,18,34H2,1-4H3. The Morgan fingerprint density at radius 2 is 1.77 bits per heavy atom. The van der Waals surface area contributed by atoms with Crippen molar-refractivity contribution in [3.05, 3.63) is 116 Å². The van der Waals surface area contributed by atoms with Crippen LogP contribution >= 0.6 is 0 Å². The highest BCUT2D eigenvalue weighted by atomic mass is 16.3. The summed E-state index contributed by atoms with van der Waals surface area (Å²) in [5.41, 5.74) is 10.7. The molecule has 3 aromatic carbocycles. The van der Waals surface area contributed by atoms with Crippen LogP contribution in [0.5, 0.6) is 0 Å². The van der Waals surface area contributed by atoms with Crippen LogP contribution in [0.2, 0.25) is 0 Å². The zero-order chi connectivity index (χ0) is 28.1. The molecule has 6 nitrogen and oxygen atoms in total. The molecule has 0 fully saturated rings. The van der Waals surface area contributed by atoms with Gasteiger partial charge < -0.3 is 15.1 Å². The average molecular weight is 522 g/mol. The zero-order valence-electron chi connectivity index (χ0n) is 23.0. The van der Waals surface area contributed by atoms with E-state index in [9.17, 15) is 14.9 Å². The first-order valence-electron chi connectivity index (χ1n) is 13.4. The Morgan fingerprint density at radius 3 is 2.41 bits per heavy atom. The number of rotatable bonds is 9. The predicted molar refractivity (Wildman–Crippen MR) is 155 cm³/mol. The van der Waals surface area contributed by atoms with Gasteiger partial charge in [0.05, 0.1) is 23.1 Å². The summed E-state index contributed by atoms with van der Waals surface area (Å²) < 4.78 is 6.53. The maximum atomic E-state index is 14.1. The summed E-state index contributed by atoms with van der Waals surface area (Å²) in [4.78, 5) is 29.8. The Labute approximate surface area is 229 Å². The molecule has 1 aromatic heterocycles. The van der Waals surface area contributed by atoms with Crippen LogP contribution in [0.1, 0.15) is 70.2 Å². The minimum atomic E-state index is -0.521. The fraction of sp³-hybridized carbons (Fsp3) is 0.303. The second-order valence-corrected chi connectivity index (χ2v) is 10.4. The van der Waals surface area contributed by atoms with Gasteiger partial charge in [-0.05, 0) is 79.8 Å². The Morgan fingerprint density at radius 1 is 1.03 bits per heavy atom. The van der Waals surface area contributed by atoms with E-state index >= 15 is 0 Å². The minimum absolute atomic E-state index is 0.0763. The number of benzene rings is 3. The van der Waals surface area contributed by atoms with Gasteiger partial charge in [-0.3, -0.25) is 9.59 Å². The molecule has 0 saturated heterocycles. The molecule has 1 unspecified atom stereocenters. The largest absolute Gasteiger partial charge is 0.458 e. The molecular formula is C33H35N3O3. The molecule has 0 aliphatic rings. The summed E-state index contributed by atoms with van der Waals surface area (Å²) in [6.45, 7) is 8.89. The monoisotopic (exact) mass is 521 g/mol. The fourth-order valence-corrected chi connectivity index (χ4v) is 5.00. The van der Waals surface area contributed by atoms with Crippen molar-refractivity contribution in [2.75, 3.05) is 13.1 Å². The highest BCUT2D eigenvalue weighted by Crippen LogP contribution is 2.34. The van der Waals surface area contributed by atoms with Crippen molar-refractivity contribution in [3.63, 3.8) is 0 Å². The van der Waals surface area contributed by atoms with Crippen molar-refractivity contribution >= 4 is 16.9 Å². The SMILES string of the molecule is Cc1ccc(C(=O)N(CCCN)C(c2oc3cc(C#N)ccc3c(=O)c2Cc2ccccc2)C(C)C)cc1C. The smallest absolute Gasteiger partial charge is 0.254 e. The molecule has 2 N–H and O–H groups in total. The van der Waals surface area contributed by atoms with Gasteiger partial charge in [0, 0.05) is 24.1 Å². The molecule has 4 aromatic rings. The lowest BCUT2D eigenvalue weighted by Gasteiger charge is -2.35. The van der Waals surface area contributed by atoms with Crippen molar-refractivity contribution in [2.24, 2.45) is 11.7 Å². The first-order chi connectivity index (χ1) is 18.7. The number of hydrogen-bond donors (Lipinski definition) is 1. The summed E-state index contributed by atoms with van der Waals surface area (Å²) >= 11 is 0. The molecule has 4 rings (SSSR count). The second-order valence-electron chi connectivity index (χ2n) is 10.4. The van der Waals surface area contributed by atoms with E-state index < -0.39 is 6.04 Å². The number of aryl methyl sites for hydroxylation is 2. The van der Waals surface area contributed by atoms with Crippen molar-refractivity contribution in [1.29, 1.82) is 5.26 Å². The number of carbonyl (C=O) groups is 1. The molecule has 0 bridgehead atoms. The average Bonchev–Trinajstić information content (AvgIpc) is 2.93. The lowest BCUT2D eigenvalue weighted by atomic mass is 9.91. The van der Waals surface area contributed by atoms with Crippen LogP contribution in [0, 0.1) is 31.1 Å². The van der Waals surface area contributed by atoms with Crippen LogP contribution in [0.15, 0.2) is 75.9 Å². The Bertz CT molecular complexity index is 1580. The topological polar surface area (TPSA) is 100 Å². The number of fused-ring (bicyclic) bond motifs is 1. The third-order valence-electron chi connectivity index (χ3n) is 7.22. The molecule has 0 aliphatic carbocycles. The number of nitriles is 1. The third kappa shape index (κ3) is 5.94. The molecule has 6 heteroatoms. The zero-order valence-corrected chi connectivity index (χ0v) is 23.0. The Kier molecular flexibility index (Phi) is 8.63. The maximum Gasteiger partial charge on any atom is 0.254 e. The minimum Gasteiger partial charge on any atom is -0.458 e. The summed E-state index contributed by atoms with van der Waals surface area (Å²) in [6, 6.07) is 21.9. The molecule has 1 atom stereocenters. The second kappa shape index (κ2) is 12.1. The quantitative estimate of drug-likeness (QED) is 0.289. The molecule has 39 heavy (non-hydrogen) atoms. The van der Waals surface area contributed by atoms with Gasteiger partial charge in [0.1, 0.15) is 11.3 Å². The predicted octanol–water partition coefficient (Wildman–Crippen LogP) is 6.06. The van der Waals surface area contributed by atoms with E-state index in [2.05, 4.69) is 6.07 Å². The van der Waals surface area contributed by atoms with Crippen molar-refractivity contribution in [2.45, 2.75) is 46.6 Å².